The summed E-state index contributed by atoms with van der Waals surface area (Å²) in [6.45, 7) is 3.70. The molecule has 2 N–H and O–H groups in total. The minimum Gasteiger partial charge on any atom is -0.493 e. The second kappa shape index (κ2) is 7.31. The van der Waals surface area contributed by atoms with Crippen LogP contribution in [0.5, 0.6) is 11.5 Å². The normalized spacial score (nSPS) is 17.9. The van der Waals surface area contributed by atoms with Gasteiger partial charge in [-0.25, -0.2) is 0 Å². The lowest BCUT2D eigenvalue weighted by molar-refractivity contribution is -0.132. The van der Waals surface area contributed by atoms with Crippen molar-refractivity contribution in [3.05, 3.63) is 23.8 Å². The molecule has 21 heavy (non-hydrogen) atoms. The Bertz CT molecular complexity index is 490. The van der Waals surface area contributed by atoms with Crippen molar-refractivity contribution >= 4 is 5.91 Å². The fourth-order valence-electron chi connectivity index (χ4n) is 2.70. The molecule has 1 fully saturated rings. The molecule has 0 spiro atoms. The molecule has 5 heteroatoms. The van der Waals surface area contributed by atoms with E-state index < -0.39 is 0 Å². The van der Waals surface area contributed by atoms with Crippen molar-refractivity contribution in [2.45, 2.75) is 32.2 Å². The summed E-state index contributed by atoms with van der Waals surface area (Å²) in [5.74, 6) is 1.49. The largest absolute Gasteiger partial charge is 0.493 e. The van der Waals surface area contributed by atoms with Crippen LogP contribution in [0.25, 0.3) is 0 Å². The molecule has 1 amide bonds. The van der Waals surface area contributed by atoms with Gasteiger partial charge in [0.15, 0.2) is 11.5 Å². The molecule has 1 aromatic carbocycles. The van der Waals surface area contributed by atoms with Crippen molar-refractivity contribution in [3.8, 4) is 11.5 Å². The Morgan fingerprint density at radius 3 is 2.95 bits per heavy atom. The van der Waals surface area contributed by atoms with Crippen molar-refractivity contribution in [3.63, 3.8) is 0 Å². The van der Waals surface area contributed by atoms with Crippen LogP contribution in [-0.4, -0.2) is 43.7 Å². The second-order valence-corrected chi connectivity index (χ2v) is 5.37. The molecule has 116 valence electrons. The van der Waals surface area contributed by atoms with Crippen LogP contribution in [0.1, 0.15) is 24.8 Å². The van der Waals surface area contributed by atoms with Crippen LogP contribution in [-0.2, 0) is 4.79 Å². The van der Waals surface area contributed by atoms with Gasteiger partial charge in [-0.05, 0) is 37.5 Å². The summed E-state index contributed by atoms with van der Waals surface area (Å²) < 4.78 is 11.0. The number of rotatable bonds is 6. The summed E-state index contributed by atoms with van der Waals surface area (Å²) in [7, 11) is 1.61. The Kier molecular flexibility index (Phi) is 5.44. The Hall–Kier alpha value is -1.75. The van der Waals surface area contributed by atoms with Crippen molar-refractivity contribution in [1.82, 2.24) is 4.90 Å². The molecule has 0 aromatic heterocycles. The van der Waals surface area contributed by atoms with E-state index >= 15 is 0 Å². The van der Waals surface area contributed by atoms with Gasteiger partial charge in [-0.1, -0.05) is 6.07 Å². The van der Waals surface area contributed by atoms with Gasteiger partial charge < -0.3 is 20.1 Å². The van der Waals surface area contributed by atoms with Gasteiger partial charge in [0, 0.05) is 19.1 Å². The van der Waals surface area contributed by atoms with Crippen LogP contribution in [0.3, 0.4) is 0 Å². The summed E-state index contributed by atoms with van der Waals surface area (Å²) in [5.41, 5.74) is 6.80. The van der Waals surface area contributed by atoms with Gasteiger partial charge in [-0.2, -0.15) is 0 Å². The van der Waals surface area contributed by atoms with Crippen LogP contribution >= 0.6 is 0 Å². The summed E-state index contributed by atoms with van der Waals surface area (Å²) >= 11 is 0. The Balaban J connectivity index is 1.85. The predicted octanol–water partition coefficient (Wildman–Crippen LogP) is 1.72. The first kappa shape index (κ1) is 15.6. The number of nitrogens with two attached hydrogens (primary N) is 1. The van der Waals surface area contributed by atoms with E-state index in [-0.39, 0.29) is 11.9 Å². The highest BCUT2D eigenvalue weighted by Crippen LogP contribution is 2.28. The van der Waals surface area contributed by atoms with E-state index in [1.807, 2.05) is 30.0 Å². The summed E-state index contributed by atoms with van der Waals surface area (Å²) in [5, 5.41) is 0. The number of likely N-dealkylation sites (tertiary alicyclic amines) is 1. The number of ether oxygens (including phenoxy) is 2. The van der Waals surface area contributed by atoms with Crippen LogP contribution in [0.4, 0.5) is 0 Å². The highest BCUT2D eigenvalue weighted by molar-refractivity contribution is 5.77. The Morgan fingerprint density at radius 1 is 1.43 bits per heavy atom. The number of amides is 1. The van der Waals surface area contributed by atoms with E-state index in [4.69, 9.17) is 15.2 Å². The van der Waals surface area contributed by atoms with Gasteiger partial charge in [0.05, 0.1) is 20.1 Å². The van der Waals surface area contributed by atoms with Crippen molar-refractivity contribution in [2.24, 2.45) is 5.73 Å². The average Bonchev–Trinajstić information content (AvgIpc) is 2.97. The first-order valence-corrected chi connectivity index (χ1v) is 7.42. The Morgan fingerprint density at radius 2 is 2.24 bits per heavy atom. The highest BCUT2D eigenvalue weighted by atomic mass is 16.5. The molecule has 1 heterocycles. The lowest BCUT2D eigenvalue weighted by atomic mass is 10.2. The lowest BCUT2D eigenvalue weighted by Gasteiger charge is -2.23. The highest BCUT2D eigenvalue weighted by Gasteiger charge is 2.27. The molecule has 0 radical (unpaired) electrons. The molecule has 0 aliphatic carbocycles. The third-order valence-electron chi connectivity index (χ3n) is 3.86. The lowest BCUT2D eigenvalue weighted by Crippen LogP contribution is -2.40. The van der Waals surface area contributed by atoms with Gasteiger partial charge in [0.1, 0.15) is 0 Å². The van der Waals surface area contributed by atoms with Crippen molar-refractivity contribution < 1.29 is 14.3 Å². The fourth-order valence-corrected chi connectivity index (χ4v) is 2.70. The topological polar surface area (TPSA) is 64.8 Å². The first-order chi connectivity index (χ1) is 10.2. The molecule has 1 aromatic rings. The monoisotopic (exact) mass is 292 g/mol. The van der Waals surface area contributed by atoms with E-state index in [9.17, 15) is 4.79 Å². The molecule has 1 atom stereocenters. The first-order valence-electron chi connectivity index (χ1n) is 7.42. The van der Waals surface area contributed by atoms with Crippen LogP contribution in [0.2, 0.25) is 0 Å². The van der Waals surface area contributed by atoms with Gasteiger partial charge in [0.25, 0.3) is 0 Å². The minimum absolute atomic E-state index is 0.119. The quantitative estimate of drug-likeness (QED) is 0.867. The SMILES string of the molecule is COc1cc(C)ccc1OCCC(=O)N1CCC[C@H]1CN. The zero-order valence-electron chi connectivity index (χ0n) is 12.8. The van der Waals surface area contributed by atoms with Crippen LogP contribution < -0.4 is 15.2 Å². The molecule has 2 rings (SSSR count). The third-order valence-corrected chi connectivity index (χ3v) is 3.86. The Labute approximate surface area is 126 Å². The van der Waals surface area contributed by atoms with Crippen LogP contribution in [0, 0.1) is 6.92 Å². The summed E-state index contributed by atoms with van der Waals surface area (Å²) in [6, 6.07) is 5.95. The van der Waals surface area contributed by atoms with E-state index in [1.165, 1.54) is 0 Å². The van der Waals surface area contributed by atoms with E-state index in [2.05, 4.69) is 0 Å². The van der Waals surface area contributed by atoms with E-state index in [0.29, 0.717) is 31.1 Å². The average molecular weight is 292 g/mol. The van der Waals surface area contributed by atoms with Gasteiger partial charge >= 0.3 is 0 Å². The van der Waals surface area contributed by atoms with Crippen molar-refractivity contribution in [2.75, 3.05) is 26.8 Å². The number of nitrogens with zero attached hydrogens (tertiary/aromatic N) is 1. The van der Waals surface area contributed by atoms with Gasteiger partial charge in [-0.3, -0.25) is 4.79 Å². The van der Waals surface area contributed by atoms with Gasteiger partial charge in [0.2, 0.25) is 5.91 Å². The number of benzene rings is 1. The maximum absolute atomic E-state index is 12.2. The van der Waals surface area contributed by atoms with Crippen LogP contribution in [0.15, 0.2) is 18.2 Å². The number of hydrogen-bond donors (Lipinski definition) is 1. The molecule has 0 unspecified atom stereocenters. The summed E-state index contributed by atoms with van der Waals surface area (Å²) in [6.07, 6.45) is 2.42. The summed E-state index contributed by atoms with van der Waals surface area (Å²) in [4.78, 5) is 14.1. The molecule has 0 saturated carbocycles. The second-order valence-electron chi connectivity index (χ2n) is 5.37. The smallest absolute Gasteiger partial charge is 0.226 e. The minimum atomic E-state index is 0.119. The van der Waals surface area contributed by atoms with E-state index in [1.54, 1.807) is 7.11 Å². The fraction of sp³-hybridized carbons (Fsp3) is 0.562. The number of carbonyl (C=O) groups excluding carboxylic acids is 1. The molecular formula is C16H24N2O3. The van der Waals surface area contributed by atoms with E-state index in [0.717, 1.165) is 24.9 Å². The number of carbonyl (C=O) groups is 1. The predicted molar refractivity (Wildman–Crippen MR) is 81.6 cm³/mol. The number of hydrogen-bond acceptors (Lipinski definition) is 4. The number of aryl methyl sites for hydroxylation is 1. The molecule has 1 saturated heterocycles. The number of methoxy groups -OCH3 is 1. The van der Waals surface area contributed by atoms with Crippen molar-refractivity contribution in [1.29, 1.82) is 0 Å². The maximum atomic E-state index is 12.2. The molecular weight excluding hydrogens is 268 g/mol. The maximum Gasteiger partial charge on any atom is 0.226 e. The standard InChI is InChI=1S/C16H24N2O3/c1-12-5-6-14(15(10-12)20-2)21-9-7-16(19)18-8-3-4-13(18)11-17/h5-6,10,13H,3-4,7-9,11,17H2,1-2H3/t13-/m0/s1. The molecule has 0 bridgehead atoms. The van der Waals surface area contributed by atoms with Gasteiger partial charge in [-0.15, -0.1) is 0 Å². The zero-order valence-corrected chi connectivity index (χ0v) is 12.8. The molecule has 1 aliphatic rings. The molecule has 5 nitrogen and oxygen atoms in total. The third kappa shape index (κ3) is 3.88. The zero-order chi connectivity index (χ0) is 15.2. The molecule has 1 aliphatic heterocycles.